The van der Waals surface area contributed by atoms with Gasteiger partial charge in [-0.25, -0.2) is 4.98 Å². The molecule has 0 aliphatic carbocycles. The van der Waals surface area contributed by atoms with Crippen molar-refractivity contribution in [1.29, 1.82) is 0 Å². The average Bonchev–Trinajstić information content (AvgIpc) is 2.56. The van der Waals surface area contributed by atoms with Gasteiger partial charge in [0.2, 0.25) is 5.88 Å². The fraction of sp³-hybridized carbons (Fsp3) is 0.444. The first kappa shape index (κ1) is 18.3. The molecule has 0 spiro atoms. The molecule has 6 heteroatoms. The van der Waals surface area contributed by atoms with Crippen molar-refractivity contribution in [3.8, 4) is 28.6 Å². The maximum Gasteiger partial charge on any atom is 0.242 e. The van der Waals surface area contributed by atoms with Crippen molar-refractivity contribution in [1.82, 2.24) is 9.97 Å². The Morgan fingerprint density at radius 1 is 1.08 bits per heavy atom. The maximum absolute atomic E-state index is 6.28. The molecule has 0 radical (unpaired) electrons. The molecular weight excluding hydrogens is 328 g/mol. The van der Waals surface area contributed by atoms with E-state index in [1.807, 2.05) is 25.1 Å². The van der Waals surface area contributed by atoms with Crippen LogP contribution in [0.5, 0.6) is 17.4 Å². The third-order valence-corrected chi connectivity index (χ3v) is 3.73. The van der Waals surface area contributed by atoms with Gasteiger partial charge in [0.25, 0.3) is 0 Å². The van der Waals surface area contributed by atoms with E-state index in [2.05, 4.69) is 18.8 Å². The van der Waals surface area contributed by atoms with E-state index in [-0.39, 0.29) is 0 Å². The first-order chi connectivity index (χ1) is 11.5. The van der Waals surface area contributed by atoms with Gasteiger partial charge in [0.05, 0.1) is 26.5 Å². The van der Waals surface area contributed by atoms with Crippen LogP contribution < -0.4 is 14.2 Å². The topological polar surface area (TPSA) is 53.5 Å². The highest BCUT2D eigenvalue weighted by Crippen LogP contribution is 2.36. The largest absolute Gasteiger partial charge is 0.493 e. The molecular formula is C18H23ClN2O3. The quantitative estimate of drug-likeness (QED) is 0.740. The standard InChI is InChI=1S/C18H23ClN2O3/c1-6-24-18-16(20-13(9-11(2)3)17(19)21-18)12-7-8-14(22-4)15(10-12)23-5/h7-8,10-11H,6,9H2,1-5H3. The molecule has 0 unspecified atom stereocenters. The summed E-state index contributed by atoms with van der Waals surface area (Å²) in [5.41, 5.74) is 2.25. The number of halogens is 1. The molecule has 1 heterocycles. The summed E-state index contributed by atoms with van der Waals surface area (Å²) in [6, 6.07) is 5.60. The minimum Gasteiger partial charge on any atom is -0.493 e. The Labute approximate surface area is 147 Å². The number of ether oxygens (including phenoxy) is 3. The highest BCUT2D eigenvalue weighted by Gasteiger charge is 2.17. The van der Waals surface area contributed by atoms with Crippen LogP contribution in [0.15, 0.2) is 18.2 Å². The average molecular weight is 351 g/mol. The second-order valence-electron chi connectivity index (χ2n) is 5.72. The van der Waals surface area contributed by atoms with Gasteiger partial charge in [-0.05, 0) is 37.5 Å². The number of benzene rings is 1. The first-order valence-electron chi connectivity index (χ1n) is 7.91. The Hall–Kier alpha value is -2.01. The maximum atomic E-state index is 6.28. The van der Waals surface area contributed by atoms with Crippen molar-refractivity contribution in [3.63, 3.8) is 0 Å². The van der Waals surface area contributed by atoms with Crippen molar-refractivity contribution in [3.05, 3.63) is 29.0 Å². The van der Waals surface area contributed by atoms with Gasteiger partial charge >= 0.3 is 0 Å². The molecule has 0 aliphatic rings. The van der Waals surface area contributed by atoms with E-state index in [9.17, 15) is 0 Å². The Bertz CT molecular complexity index is 705. The van der Waals surface area contributed by atoms with Crippen LogP contribution in [-0.4, -0.2) is 30.8 Å². The van der Waals surface area contributed by atoms with Gasteiger partial charge in [0.15, 0.2) is 16.7 Å². The highest BCUT2D eigenvalue weighted by molar-refractivity contribution is 6.30. The second kappa shape index (κ2) is 8.20. The molecule has 0 N–H and O–H groups in total. The predicted octanol–water partition coefficient (Wildman–Crippen LogP) is 4.41. The molecule has 5 nitrogen and oxygen atoms in total. The molecule has 0 saturated carbocycles. The van der Waals surface area contributed by atoms with Gasteiger partial charge in [-0.2, -0.15) is 4.98 Å². The van der Waals surface area contributed by atoms with E-state index in [1.54, 1.807) is 14.2 Å². The van der Waals surface area contributed by atoms with E-state index in [1.165, 1.54) is 0 Å². The fourth-order valence-corrected chi connectivity index (χ4v) is 2.56. The minimum atomic E-state index is 0.386. The zero-order valence-electron chi connectivity index (χ0n) is 14.7. The SMILES string of the molecule is CCOc1nc(Cl)c(CC(C)C)nc1-c1ccc(OC)c(OC)c1. The second-order valence-corrected chi connectivity index (χ2v) is 6.07. The zero-order valence-corrected chi connectivity index (χ0v) is 15.5. The molecule has 130 valence electrons. The molecule has 1 aromatic heterocycles. The Morgan fingerprint density at radius 2 is 1.79 bits per heavy atom. The van der Waals surface area contributed by atoms with Crippen LogP contribution in [0.1, 0.15) is 26.5 Å². The van der Waals surface area contributed by atoms with Gasteiger partial charge in [0.1, 0.15) is 5.69 Å². The van der Waals surface area contributed by atoms with Crippen LogP contribution in [0.2, 0.25) is 5.15 Å². The smallest absolute Gasteiger partial charge is 0.242 e. The van der Waals surface area contributed by atoms with E-state index >= 15 is 0 Å². The summed E-state index contributed by atoms with van der Waals surface area (Å²) >= 11 is 6.28. The van der Waals surface area contributed by atoms with Crippen molar-refractivity contribution >= 4 is 11.6 Å². The zero-order chi connectivity index (χ0) is 17.7. The van der Waals surface area contributed by atoms with Crippen molar-refractivity contribution in [2.24, 2.45) is 5.92 Å². The highest BCUT2D eigenvalue weighted by atomic mass is 35.5. The third kappa shape index (κ3) is 4.09. The van der Waals surface area contributed by atoms with Crippen molar-refractivity contribution < 1.29 is 14.2 Å². The molecule has 0 fully saturated rings. The van der Waals surface area contributed by atoms with E-state index < -0.39 is 0 Å². The molecule has 1 aromatic carbocycles. The molecule has 24 heavy (non-hydrogen) atoms. The molecule has 2 aromatic rings. The Kier molecular flexibility index (Phi) is 6.26. The van der Waals surface area contributed by atoms with Crippen LogP contribution in [0.4, 0.5) is 0 Å². The van der Waals surface area contributed by atoms with E-state index in [4.69, 9.17) is 30.8 Å². The summed E-state index contributed by atoms with van der Waals surface area (Å²) in [6.45, 7) is 6.61. The summed E-state index contributed by atoms with van der Waals surface area (Å²) in [5, 5.41) is 0.386. The molecule has 0 amide bonds. The predicted molar refractivity (Wildman–Crippen MR) is 95.3 cm³/mol. The van der Waals surface area contributed by atoms with Crippen LogP contribution in [-0.2, 0) is 6.42 Å². The van der Waals surface area contributed by atoms with Crippen LogP contribution >= 0.6 is 11.6 Å². The van der Waals surface area contributed by atoms with Gasteiger partial charge in [0, 0.05) is 5.56 Å². The van der Waals surface area contributed by atoms with Crippen LogP contribution in [0.3, 0.4) is 0 Å². The van der Waals surface area contributed by atoms with Gasteiger partial charge in [-0.1, -0.05) is 25.4 Å². The van der Waals surface area contributed by atoms with E-state index in [0.717, 1.165) is 17.7 Å². The summed E-state index contributed by atoms with van der Waals surface area (Å²) in [5.74, 6) is 2.12. The third-order valence-electron chi connectivity index (χ3n) is 3.43. The molecule has 2 rings (SSSR count). The fourth-order valence-electron chi connectivity index (χ4n) is 2.36. The lowest BCUT2D eigenvalue weighted by Crippen LogP contribution is -2.06. The molecule has 0 bridgehead atoms. The summed E-state index contributed by atoms with van der Waals surface area (Å²) in [7, 11) is 3.20. The Morgan fingerprint density at radius 3 is 2.38 bits per heavy atom. The van der Waals surface area contributed by atoms with Crippen LogP contribution in [0, 0.1) is 5.92 Å². The number of hydrogen-bond acceptors (Lipinski definition) is 5. The lowest BCUT2D eigenvalue weighted by atomic mass is 10.1. The van der Waals surface area contributed by atoms with Crippen LogP contribution in [0.25, 0.3) is 11.3 Å². The monoisotopic (exact) mass is 350 g/mol. The van der Waals surface area contributed by atoms with Gasteiger partial charge < -0.3 is 14.2 Å². The van der Waals surface area contributed by atoms with Crippen molar-refractivity contribution in [2.75, 3.05) is 20.8 Å². The molecule has 0 atom stereocenters. The summed E-state index contributed by atoms with van der Waals surface area (Å²) < 4.78 is 16.3. The van der Waals surface area contributed by atoms with Gasteiger partial charge in [-0.15, -0.1) is 0 Å². The summed E-state index contributed by atoms with van der Waals surface area (Å²) in [4.78, 5) is 9.12. The number of aromatic nitrogens is 2. The first-order valence-corrected chi connectivity index (χ1v) is 8.29. The molecule has 0 aliphatic heterocycles. The van der Waals surface area contributed by atoms with Gasteiger partial charge in [-0.3, -0.25) is 0 Å². The normalized spacial score (nSPS) is 10.8. The Balaban J connectivity index is 2.57. The lowest BCUT2D eigenvalue weighted by Gasteiger charge is -2.14. The number of nitrogens with zero attached hydrogens (tertiary/aromatic N) is 2. The summed E-state index contributed by atoms with van der Waals surface area (Å²) in [6.07, 6.45) is 0.749. The lowest BCUT2D eigenvalue weighted by molar-refractivity contribution is 0.326. The van der Waals surface area contributed by atoms with Crippen molar-refractivity contribution in [2.45, 2.75) is 27.2 Å². The number of rotatable bonds is 7. The minimum absolute atomic E-state index is 0.386. The molecule has 0 saturated heterocycles. The number of methoxy groups -OCH3 is 2. The van der Waals surface area contributed by atoms with E-state index in [0.29, 0.717) is 40.8 Å². The number of hydrogen-bond donors (Lipinski definition) is 0.